The maximum Gasteiger partial charge on any atom is 0.175 e. The number of rotatable bonds is 10. The van der Waals surface area contributed by atoms with Crippen molar-refractivity contribution in [3.8, 4) is 5.75 Å². The normalized spacial score (nSPS) is 12.0. The van der Waals surface area contributed by atoms with E-state index < -0.39 is 9.84 Å². The zero-order valence-electron chi connectivity index (χ0n) is 18.5. The lowest BCUT2D eigenvalue weighted by atomic mass is 10.1. The molecular formula is C23H28N4O4S. The van der Waals surface area contributed by atoms with Crippen molar-refractivity contribution in [2.45, 2.75) is 31.7 Å². The van der Waals surface area contributed by atoms with Crippen LogP contribution in [0.25, 0.3) is 0 Å². The van der Waals surface area contributed by atoms with Crippen LogP contribution in [0.5, 0.6) is 5.75 Å². The highest BCUT2D eigenvalue weighted by Crippen LogP contribution is 2.16. The Hall–Kier alpha value is -3.33. The smallest absolute Gasteiger partial charge is 0.175 e. The summed E-state index contributed by atoms with van der Waals surface area (Å²) in [4.78, 5) is 5.58. The number of hydrogen-bond donors (Lipinski definition) is 1. The number of sulfone groups is 1. The number of hydrogen-bond acceptors (Lipinski definition) is 6. The van der Waals surface area contributed by atoms with Crippen molar-refractivity contribution in [1.29, 1.82) is 0 Å². The van der Waals surface area contributed by atoms with Gasteiger partial charge in [0.1, 0.15) is 12.4 Å². The molecular weight excluding hydrogens is 428 g/mol. The Kier molecular flexibility index (Phi) is 7.53. The number of aryl methyl sites for hydroxylation is 2. The van der Waals surface area contributed by atoms with Gasteiger partial charge >= 0.3 is 0 Å². The Morgan fingerprint density at radius 2 is 1.84 bits per heavy atom. The average molecular weight is 457 g/mol. The summed E-state index contributed by atoms with van der Waals surface area (Å²) in [5.41, 5.74) is 10.0. The molecule has 0 aliphatic heterocycles. The molecule has 0 aliphatic carbocycles. The lowest BCUT2D eigenvalue weighted by Crippen LogP contribution is -2.15. The Morgan fingerprint density at radius 3 is 2.50 bits per heavy atom. The van der Waals surface area contributed by atoms with Crippen molar-refractivity contribution in [3.63, 3.8) is 0 Å². The number of nitrogens with two attached hydrogens (primary N) is 1. The Labute approximate surface area is 188 Å². The maximum atomic E-state index is 11.5. The fourth-order valence-electron chi connectivity index (χ4n) is 3.10. The summed E-state index contributed by atoms with van der Waals surface area (Å²) < 4.78 is 30.5. The quantitative estimate of drug-likeness (QED) is 0.217. The summed E-state index contributed by atoms with van der Waals surface area (Å²) in [5.74, 6) is 0.900. The van der Waals surface area contributed by atoms with E-state index in [-0.39, 0.29) is 4.90 Å². The lowest BCUT2D eigenvalue weighted by molar-refractivity contribution is 0.127. The molecule has 1 heterocycles. The van der Waals surface area contributed by atoms with Crippen molar-refractivity contribution in [2.75, 3.05) is 19.5 Å². The zero-order valence-corrected chi connectivity index (χ0v) is 19.3. The molecule has 9 heteroatoms. The number of nitrogens with zero attached hydrogens (tertiary/aromatic N) is 3. The van der Waals surface area contributed by atoms with Crippen molar-refractivity contribution >= 4 is 15.7 Å². The van der Waals surface area contributed by atoms with Gasteiger partial charge in [-0.3, -0.25) is 4.68 Å². The fourth-order valence-corrected chi connectivity index (χ4v) is 3.73. The van der Waals surface area contributed by atoms with Crippen LogP contribution in [0.3, 0.4) is 0 Å². The topological polar surface area (TPSA) is 109 Å². The van der Waals surface area contributed by atoms with Gasteiger partial charge < -0.3 is 15.3 Å². The van der Waals surface area contributed by atoms with Crippen LogP contribution >= 0.6 is 0 Å². The number of oxime groups is 1. The molecule has 2 aromatic carbocycles. The van der Waals surface area contributed by atoms with Gasteiger partial charge in [-0.05, 0) is 55.8 Å². The standard InChI is InChI=1S/C23H28N4O4S/c1-17-14-18(2)27(25-17)16-19-6-4-7-20(15-19)23(24)26-31-13-5-12-30-21-8-10-22(11-9-21)32(3,28)29/h4,6-11,14-15H,5,12-13,16H2,1-3H3,(H2,24,26). The van der Waals surface area contributed by atoms with Crippen LogP contribution in [0.1, 0.15) is 28.9 Å². The third-order valence-electron chi connectivity index (χ3n) is 4.72. The summed E-state index contributed by atoms with van der Waals surface area (Å²) in [7, 11) is -3.21. The molecule has 1 aromatic heterocycles. The van der Waals surface area contributed by atoms with Gasteiger partial charge in [0.2, 0.25) is 0 Å². The molecule has 8 nitrogen and oxygen atoms in total. The van der Waals surface area contributed by atoms with Gasteiger partial charge in [-0.15, -0.1) is 0 Å². The van der Waals surface area contributed by atoms with E-state index in [1.54, 1.807) is 12.1 Å². The molecule has 0 atom stereocenters. The van der Waals surface area contributed by atoms with Gasteiger partial charge in [-0.2, -0.15) is 5.10 Å². The molecule has 0 saturated carbocycles. The van der Waals surface area contributed by atoms with Gasteiger partial charge in [0.25, 0.3) is 0 Å². The van der Waals surface area contributed by atoms with Gasteiger partial charge in [0.15, 0.2) is 15.7 Å². The molecule has 32 heavy (non-hydrogen) atoms. The highest BCUT2D eigenvalue weighted by molar-refractivity contribution is 7.90. The van der Waals surface area contributed by atoms with Crippen LogP contribution in [0.4, 0.5) is 0 Å². The summed E-state index contributed by atoms with van der Waals surface area (Å²) >= 11 is 0. The first-order valence-corrected chi connectivity index (χ1v) is 12.1. The molecule has 0 bridgehead atoms. The predicted octanol–water partition coefficient (Wildman–Crippen LogP) is 3.06. The van der Waals surface area contributed by atoms with Crippen LogP contribution in [0.15, 0.2) is 64.6 Å². The number of benzene rings is 2. The van der Waals surface area contributed by atoms with E-state index in [2.05, 4.69) is 10.3 Å². The van der Waals surface area contributed by atoms with Crippen LogP contribution in [0.2, 0.25) is 0 Å². The minimum Gasteiger partial charge on any atom is -0.493 e. The summed E-state index contributed by atoms with van der Waals surface area (Å²) in [6, 6.07) is 16.2. The molecule has 0 spiro atoms. The molecule has 0 amide bonds. The van der Waals surface area contributed by atoms with E-state index in [1.165, 1.54) is 18.4 Å². The molecule has 0 saturated heterocycles. The number of ether oxygens (including phenoxy) is 1. The maximum absolute atomic E-state index is 11.5. The van der Waals surface area contributed by atoms with E-state index in [0.29, 0.717) is 37.8 Å². The van der Waals surface area contributed by atoms with Gasteiger partial charge in [0, 0.05) is 23.9 Å². The van der Waals surface area contributed by atoms with Crippen LogP contribution in [-0.4, -0.2) is 43.5 Å². The first-order chi connectivity index (χ1) is 15.2. The van der Waals surface area contributed by atoms with Crippen molar-refractivity contribution < 1.29 is 18.0 Å². The Balaban J connectivity index is 1.45. The Bertz CT molecular complexity index is 1180. The molecule has 170 valence electrons. The van der Waals surface area contributed by atoms with E-state index in [0.717, 1.165) is 22.5 Å². The molecule has 0 fully saturated rings. The van der Waals surface area contributed by atoms with Crippen molar-refractivity contribution in [1.82, 2.24) is 9.78 Å². The first-order valence-electron chi connectivity index (χ1n) is 10.2. The molecule has 0 radical (unpaired) electrons. The van der Waals surface area contributed by atoms with E-state index in [4.69, 9.17) is 15.3 Å². The van der Waals surface area contributed by atoms with E-state index in [9.17, 15) is 8.42 Å². The largest absolute Gasteiger partial charge is 0.493 e. The monoisotopic (exact) mass is 456 g/mol. The number of aromatic nitrogens is 2. The van der Waals surface area contributed by atoms with Gasteiger partial charge in [-0.1, -0.05) is 23.4 Å². The second-order valence-corrected chi connectivity index (χ2v) is 9.56. The first kappa shape index (κ1) is 23.3. The van der Waals surface area contributed by atoms with Gasteiger partial charge in [0.05, 0.1) is 23.7 Å². The molecule has 2 N–H and O–H groups in total. The fraction of sp³-hybridized carbons (Fsp3) is 0.304. The van der Waals surface area contributed by atoms with Crippen molar-refractivity contribution in [3.05, 3.63) is 77.1 Å². The average Bonchev–Trinajstić information content (AvgIpc) is 3.06. The molecule has 0 unspecified atom stereocenters. The second kappa shape index (κ2) is 10.3. The summed E-state index contributed by atoms with van der Waals surface area (Å²) in [6.45, 7) is 5.41. The molecule has 0 aliphatic rings. The lowest BCUT2D eigenvalue weighted by Gasteiger charge is -2.08. The summed E-state index contributed by atoms with van der Waals surface area (Å²) in [5, 5.41) is 8.48. The Morgan fingerprint density at radius 1 is 1.09 bits per heavy atom. The third kappa shape index (κ3) is 6.58. The van der Waals surface area contributed by atoms with E-state index in [1.807, 2.05) is 48.9 Å². The minimum atomic E-state index is -3.21. The SMILES string of the molecule is Cc1cc(C)n(Cc2cccc(/C(N)=N/OCCCOc3ccc(S(C)(=O)=O)cc3)c2)n1. The zero-order chi connectivity index (χ0) is 23.1. The highest BCUT2D eigenvalue weighted by Gasteiger charge is 2.07. The van der Waals surface area contributed by atoms with Crippen LogP contribution in [-0.2, 0) is 21.2 Å². The van der Waals surface area contributed by atoms with Crippen molar-refractivity contribution in [2.24, 2.45) is 10.9 Å². The third-order valence-corrected chi connectivity index (χ3v) is 5.85. The molecule has 3 rings (SSSR count). The van der Waals surface area contributed by atoms with E-state index >= 15 is 0 Å². The minimum absolute atomic E-state index is 0.261. The number of amidine groups is 1. The summed E-state index contributed by atoms with van der Waals surface area (Å²) in [6.07, 6.45) is 1.77. The van der Waals surface area contributed by atoms with Crippen LogP contribution < -0.4 is 10.5 Å². The predicted molar refractivity (Wildman–Crippen MR) is 124 cm³/mol. The molecule has 3 aromatic rings. The highest BCUT2D eigenvalue weighted by atomic mass is 32.2. The van der Waals surface area contributed by atoms with Gasteiger partial charge in [-0.25, -0.2) is 8.42 Å². The van der Waals surface area contributed by atoms with Crippen LogP contribution in [0, 0.1) is 13.8 Å². The second-order valence-electron chi connectivity index (χ2n) is 7.54.